The van der Waals surface area contributed by atoms with E-state index in [1.54, 1.807) is 19.1 Å². The van der Waals surface area contributed by atoms with Gasteiger partial charge in [0.2, 0.25) is 17.7 Å². The summed E-state index contributed by atoms with van der Waals surface area (Å²) in [7, 11) is 1.47. The van der Waals surface area contributed by atoms with Gasteiger partial charge >= 0.3 is 12.2 Å². The van der Waals surface area contributed by atoms with Gasteiger partial charge in [-0.3, -0.25) is 24.7 Å². The van der Waals surface area contributed by atoms with Crippen molar-refractivity contribution in [3.8, 4) is 5.88 Å². The van der Waals surface area contributed by atoms with E-state index in [-0.39, 0.29) is 53.1 Å². The summed E-state index contributed by atoms with van der Waals surface area (Å²) in [6.45, 7) is 7.82. The van der Waals surface area contributed by atoms with Gasteiger partial charge in [-0.1, -0.05) is 17.7 Å². The molecular formula is C39H45ClF4N10O5. The highest BCUT2D eigenvalue weighted by atomic mass is 35.5. The Labute approximate surface area is 342 Å². The molecule has 316 valence electrons. The molecule has 7 rings (SSSR count). The van der Waals surface area contributed by atoms with Crippen molar-refractivity contribution in [1.82, 2.24) is 34.7 Å². The summed E-state index contributed by atoms with van der Waals surface area (Å²) in [6.07, 6.45) is -0.723. The topological polar surface area (TPSA) is 159 Å². The number of urea groups is 1. The van der Waals surface area contributed by atoms with Gasteiger partial charge in [-0.2, -0.15) is 18.3 Å². The van der Waals surface area contributed by atoms with Crippen molar-refractivity contribution < 1.29 is 41.4 Å². The quantitative estimate of drug-likeness (QED) is 0.118. The largest absolute Gasteiger partial charge is 0.475 e. The molecule has 20 heteroatoms. The molecular weight excluding hydrogens is 800 g/mol. The number of anilines is 3. The first-order valence-corrected chi connectivity index (χ1v) is 19.8. The van der Waals surface area contributed by atoms with Crippen LogP contribution in [-0.4, -0.2) is 113 Å². The molecule has 3 N–H and O–H groups in total. The highest BCUT2D eigenvalue weighted by molar-refractivity contribution is 6.29. The Kier molecular flexibility index (Phi) is 12.8. The van der Waals surface area contributed by atoms with Crippen molar-refractivity contribution in [1.29, 1.82) is 0 Å². The molecule has 0 saturated carbocycles. The second kappa shape index (κ2) is 18.0. The molecule has 1 aromatic carbocycles. The second-order valence-corrected chi connectivity index (χ2v) is 15.3. The first kappa shape index (κ1) is 42.0. The highest BCUT2D eigenvalue weighted by Gasteiger charge is 2.33. The molecule has 3 aliphatic rings. The fourth-order valence-corrected chi connectivity index (χ4v) is 7.99. The maximum Gasteiger partial charge on any atom is 0.417 e. The van der Waals surface area contributed by atoms with E-state index in [0.29, 0.717) is 60.8 Å². The number of carbonyl (C=O) groups excluding carboxylic acids is 3. The van der Waals surface area contributed by atoms with Crippen molar-refractivity contribution in [2.45, 2.75) is 50.8 Å². The number of piperazine rings is 1. The SMILES string of the molecule is CO[C@@H](C)c1c(NC(=O)Nc2cc(C(F)(F)F)cnc2OCCN2CCC(CN3CCN(c4ccc(C5CCC(=O)NC5=O)cc4F)CC3)CC2)cnc2cc(Cl)nn12. The summed E-state index contributed by atoms with van der Waals surface area (Å²) >= 11 is 6.07. The summed E-state index contributed by atoms with van der Waals surface area (Å²) in [5.74, 6) is -1.29. The Balaban J connectivity index is 0.881. The van der Waals surface area contributed by atoms with E-state index in [4.69, 9.17) is 21.1 Å². The Morgan fingerprint density at radius 1 is 0.983 bits per heavy atom. The van der Waals surface area contributed by atoms with Gasteiger partial charge in [-0.15, -0.1) is 0 Å². The minimum atomic E-state index is -4.71. The first-order chi connectivity index (χ1) is 28.2. The molecule has 59 heavy (non-hydrogen) atoms. The summed E-state index contributed by atoms with van der Waals surface area (Å²) in [4.78, 5) is 51.8. The number of piperidine rings is 2. The normalized spacial score (nSPS) is 19.2. The molecule has 0 bridgehead atoms. The van der Waals surface area contributed by atoms with E-state index in [0.717, 1.165) is 51.6 Å². The second-order valence-electron chi connectivity index (χ2n) is 15.0. The summed E-state index contributed by atoms with van der Waals surface area (Å²) in [5.41, 5.74) is 0.776. The van der Waals surface area contributed by atoms with Crippen LogP contribution in [0.25, 0.3) is 5.65 Å². The minimum absolute atomic E-state index is 0.127. The number of ether oxygens (including phenoxy) is 2. The number of rotatable bonds is 12. The molecule has 3 saturated heterocycles. The molecule has 0 aliphatic carbocycles. The van der Waals surface area contributed by atoms with Crippen LogP contribution in [0.5, 0.6) is 5.88 Å². The molecule has 2 atom stereocenters. The number of benzene rings is 1. The zero-order chi connectivity index (χ0) is 41.8. The predicted octanol–water partition coefficient (Wildman–Crippen LogP) is 5.72. The van der Waals surface area contributed by atoms with Crippen LogP contribution in [0.4, 0.5) is 39.4 Å². The van der Waals surface area contributed by atoms with E-state index in [1.807, 2.05) is 4.90 Å². The molecule has 3 aromatic heterocycles. The van der Waals surface area contributed by atoms with E-state index in [1.165, 1.54) is 30.0 Å². The number of aromatic nitrogens is 4. The van der Waals surface area contributed by atoms with Gasteiger partial charge in [0.25, 0.3) is 0 Å². The lowest BCUT2D eigenvalue weighted by Crippen LogP contribution is -2.49. The molecule has 0 radical (unpaired) electrons. The standard InChI is InChI=1S/C39H45ClF4N10O5/c1-23(58-2)35-30(21-45-33-19-32(40)50-54(33)35)48-38(57)47-29-18-26(39(42,43)44)20-46-37(29)59-16-15-51-9-7-24(8-10-51)22-52-11-13-53(14-12-52)31-5-3-25(17-28(31)41)27-4-6-34(55)49-36(27)56/h3,5,17-21,23-24,27H,4,6-16,22H2,1-2H3,(H2,47,48,57)(H,49,55,56)/t23-,27?/m0/s1. The van der Waals surface area contributed by atoms with Crippen LogP contribution >= 0.6 is 11.6 Å². The van der Waals surface area contributed by atoms with Crippen molar-refractivity contribution in [3.05, 3.63) is 70.5 Å². The number of nitrogens with one attached hydrogen (secondary N) is 3. The molecule has 3 fully saturated rings. The molecule has 6 heterocycles. The summed E-state index contributed by atoms with van der Waals surface area (Å²) in [5, 5.41) is 11.8. The number of alkyl halides is 3. The van der Waals surface area contributed by atoms with Gasteiger partial charge in [0.05, 0.1) is 40.9 Å². The molecule has 4 aromatic rings. The molecule has 15 nitrogen and oxygen atoms in total. The van der Waals surface area contributed by atoms with Gasteiger partial charge in [0, 0.05) is 65.1 Å². The number of methoxy groups -OCH3 is 1. The average Bonchev–Trinajstić information content (AvgIpc) is 3.58. The molecule has 4 amide bonds. The maximum atomic E-state index is 15.2. The van der Waals surface area contributed by atoms with Gasteiger partial charge < -0.3 is 25.0 Å². The number of pyridine rings is 1. The average molecular weight is 845 g/mol. The smallest absolute Gasteiger partial charge is 0.417 e. The number of nitrogens with zero attached hydrogens (tertiary/aromatic N) is 7. The molecule has 3 aliphatic heterocycles. The van der Waals surface area contributed by atoms with E-state index < -0.39 is 29.8 Å². The van der Waals surface area contributed by atoms with Crippen LogP contribution in [0, 0.1) is 11.7 Å². The van der Waals surface area contributed by atoms with Crippen LogP contribution in [0.2, 0.25) is 5.15 Å². The number of hydrogen-bond acceptors (Lipinski definition) is 11. The fraction of sp³-hybridized carbons (Fsp3) is 0.487. The zero-order valence-electron chi connectivity index (χ0n) is 32.5. The van der Waals surface area contributed by atoms with Gasteiger partial charge in [-0.05, 0) is 69.0 Å². The lowest BCUT2D eigenvalue weighted by molar-refractivity contribution is -0.138. The van der Waals surface area contributed by atoms with E-state index in [2.05, 4.69) is 40.8 Å². The third kappa shape index (κ3) is 10.0. The summed E-state index contributed by atoms with van der Waals surface area (Å²) < 4.78 is 69.0. The van der Waals surface area contributed by atoms with Crippen LogP contribution in [0.15, 0.2) is 42.7 Å². The van der Waals surface area contributed by atoms with Crippen LogP contribution in [0.1, 0.15) is 61.4 Å². The zero-order valence-corrected chi connectivity index (χ0v) is 33.3. The van der Waals surface area contributed by atoms with Gasteiger partial charge in [-0.25, -0.2) is 23.7 Å². The fourth-order valence-electron chi connectivity index (χ4n) is 7.82. The number of amides is 4. The number of likely N-dealkylation sites (tertiary alicyclic amines) is 1. The Morgan fingerprint density at radius 2 is 1.73 bits per heavy atom. The van der Waals surface area contributed by atoms with Crippen LogP contribution < -0.4 is 25.6 Å². The van der Waals surface area contributed by atoms with Crippen LogP contribution in [-0.2, 0) is 20.5 Å². The number of carbonyl (C=O) groups is 3. The van der Waals surface area contributed by atoms with Crippen LogP contribution in [0.3, 0.4) is 0 Å². The molecule has 0 spiro atoms. The third-order valence-electron chi connectivity index (χ3n) is 11.1. The number of halogens is 5. The lowest BCUT2D eigenvalue weighted by atomic mass is 9.90. The van der Waals surface area contributed by atoms with Gasteiger partial charge in [0.1, 0.15) is 18.1 Å². The van der Waals surface area contributed by atoms with Crippen molar-refractivity contribution >= 4 is 52.2 Å². The Hall–Kier alpha value is -5.11. The van der Waals surface area contributed by atoms with Crippen molar-refractivity contribution in [3.63, 3.8) is 0 Å². The van der Waals surface area contributed by atoms with E-state index in [9.17, 15) is 27.6 Å². The summed E-state index contributed by atoms with van der Waals surface area (Å²) in [6, 6.07) is 6.36. The predicted molar refractivity (Wildman–Crippen MR) is 210 cm³/mol. The third-order valence-corrected chi connectivity index (χ3v) is 11.3. The Morgan fingerprint density at radius 3 is 2.42 bits per heavy atom. The lowest BCUT2D eigenvalue weighted by Gasteiger charge is -2.39. The van der Waals surface area contributed by atoms with E-state index >= 15 is 4.39 Å². The van der Waals surface area contributed by atoms with Crippen molar-refractivity contribution in [2.75, 3.05) is 81.6 Å². The maximum absolute atomic E-state index is 15.2. The first-order valence-electron chi connectivity index (χ1n) is 19.4. The number of imide groups is 1. The number of fused-ring (bicyclic) bond motifs is 1. The molecule has 1 unspecified atom stereocenters. The van der Waals surface area contributed by atoms with Gasteiger partial charge in [0.15, 0.2) is 10.8 Å². The Bertz CT molecular complexity index is 2180. The van der Waals surface area contributed by atoms with Crippen molar-refractivity contribution in [2.24, 2.45) is 5.92 Å². The monoisotopic (exact) mass is 844 g/mol. The number of hydrogen-bond donors (Lipinski definition) is 3. The minimum Gasteiger partial charge on any atom is -0.475 e. The highest BCUT2D eigenvalue weighted by Crippen LogP contribution is 2.35.